The van der Waals surface area contributed by atoms with Gasteiger partial charge < -0.3 is 10.0 Å². The van der Waals surface area contributed by atoms with Crippen LogP contribution in [0, 0.1) is 0 Å². The van der Waals surface area contributed by atoms with Gasteiger partial charge in [0.15, 0.2) is 0 Å². The molecule has 1 aliphatic heterocycles. The number of sulfonamides is 1. The van der Waals surface area contributed by atoms with Crippen molar-refractivity contribution >= 4 is 38.9 Å². The lowest BCUT2D eigenvalue weighted by atomic mass is 10.1. The summed E-state index contributed by atoms with van der Waals surface area (Å²) in [5.41, 5.74) is 3.33. The fourth-order valence-corrected chi connectivity index (χ4v) is 6.20. The zero-order valence-corrected chi connectivity index (χ0v) is 20.1. The molecule has 1 aliphatic rings. The van der Waals surface area contributed by atoms with Crippen LogP contribution in [0.15, 0.2) is 78.0 Å². The van der Waals surface area contributed by atoms with Gasteiger partial charge in [0.1, 0.15) is 4.90 Å². The van der Waals surface area contributed by atoms with Gasteiger partial charge in [0.2, 0.25) is 0 Å². The van der Waals surface area contributed by atoms with E-state index >= 15 is 0 Å². The highest BCUT2D eigenvalue weighted by atomic mass is 32.2. The molecule has 0 aliphatic carbocycles. The first kappa shape index (κ1) is 22.8. The molecule has 0 saturated carbocycles. The molecule has 0 radical (unpaired) electrons. The molecule has 176 valence electrons. The molecule has 35 heavy (non-hydrogen) atoms. The lowest BCUT2D eigenvalue weighted by molar-refractivity contribution is 0.0692. The van der Waals surface area contributed by atoms with Crippen molar-refractivity contribution in [1.29, 1.82) is 0 Å². The maximum absolute atomic E-state index is 12.9. The first-order valence-electron chi connectivity index (χ1n) is 10.5. The molecule has 0 bridgehead atoms. The van der Waals surface area contributed by atoms with Crippen LogP contribution in [0.2, 0.25) is 0 Å². The number of carboxylic acids is 1. The summed E-state index contributed by atoms with van der Waals surface area (Å²) >= 11 is 1.52. The second-order valence-electron chi connectivity index (χ2n) is 8.07. The lowest BCUT2D eigenvalue weighted by Crippen LogP contribution is -2.17. The Hall–Kier alpha value is -4.02. The summed E-state index contributed by atoms with van der Waals surface area (Å²) in [5.74, 6) is -1.30. The van der Waals surface area contributed by atoms with Gasteiger partial charge in [-0.1, -0.05) is 18.2 Å². The number of aromatic nitrogens is 1. The summed E-state index contributed by atoms with van der Waals surface area (Å²) in [5, 5.41) is 9.34. The molecular formula is C25H19N3O5S2. The molecule has 4 aromatic rings. The van der Waals surface area contributed by atoms with E-state index < -0.39 is 16.0 Å². The largest absolute Gasteiger partial charge is 0.478 e. The topological polar surface area (TPSA) is 117 Å². The third-order valence-electron chi connectivity index (χ3n) is 5.66. The second-order valence-corrected chi connectivity index (χ2v) is 10.8. The number of hydrogen-bond acceptors (Lipinski definition) is 6. The Labute approximate surface area is 205 Å². The van der Waals surface area contributed by atoms with Crippen LogP contribution in [-0.2, 0) is 16.6 Å². The highest BCUT2D eigenvalue weighted by molar-refractivity contribution is 7.92. The van der Waals surface area contributed by atoms with Crippen molar-refractivity contribution in [2.24, 2.45) is 0 Å². The zero-order chi connectivity index (χ0) is 24.7. The van der Waals surface area contributed by atoms with Crippen LogP contribution < -0.4 is 4.72 Å². The molecule has 8 nitrogen and oxygen atoms in total. The van der Waals surface area contributed by atoms with Crippen molar-refractivity contribution in [3.05, 3.63) is 89.7 Å². The van der Waals surface area contributed by atoms with E-state index in [0.29, 0.717) is 12.1 Å². The average molecular weight is 506 g/mol. The van der Waals surface area contributed by atoms with Gasteiger partial charge in [-0.15, -0.1) is 11.3 Å². The fraction of sp³-hybridized carbons (Fsp3) is 0.0800. The van der Waals surface area contributed by atoms with Gasteiger partial charge in [-0.3, -0.25) is 14.5 Å². The van der Waals surface area contributed by atoms with Crippen LogP contribution in [0.25, 0.3) is 20.9 Å². The van der Waals surface area contributed by atoms with Crippen molar-refractivity contribution in [2.75, 3.05) is 11.8 Å². The molecule has 0 spiro atoms. The Bertz CT molecular complexity index is 1590. The van der Waals surface area contributed by atoms with Crippen molar-refractivity contribution < 1.29 is 23.1 Å². The maximum Gasteiger partial charge on any atom is 0.337 e. The number of rotatable bonds is 6. The van der Waals surface area contributed by atoms with E-state index in [1.54, 1.807) is 24.2 Å². The third kappa shape index (κ3) is 4.29. The third-order valence-corrected chi connectivity index (χ3v) is 8.29. The molecule has 1 amide bonds. The van der Waals surface area contributed by atoms with Crippen LogP contribution >= 0.6 is 11.3 Å². The number of thiophene rings is 1. The predicted octanol–water partition coefficient (Wildman–Crippen LogP) is 4.56. The van der Waals surface area contributed by atoms with Gasteiger partial charge in [-0.2, -0.15) is 0 Å². The number of fused-ring (bicyclic) bond motifs is 1. The summed E-state index contributed by atoms with van der Waals surface area (Å²) < 4.78 is 28.2. The smallest absolute Gasteiger partial charge is 0.337 e. The first-order valence-corrected chi connectivity index (χ1v) is 12.8. The molecule has 10 heteroatoms. The molecule has 2 aromatic carbocycles. The molecule has 5 rings (SSSR count). The summed E-state index contributed by atoms with van der Waals surface area (Å²) in [6, 6.07) is 16.8. The van der Waals surface area contributed by atoms with Gasteiger partial charge in [-0.25, -0.2) is 13.2 Å². The zero-order valence-electron chi connectivity index (χ0n) is 18.4. The van der Waals surface area contributed by atoms with Crippen molar-refractivity contribution in [2.45, 2.75) is 11.4 Å². The molecule has 0 atom stereocenters. The molecule has 3 heterocycles. The number of aromatic carboxylic acids is 1. The minimum atomic E-state index is -4.14. The SMILES string of the molecule is CN1Cc2cc(-c3ccc(-c4cncc(NS(=O)(=O)c5ccccc5C(=O)O)c4)s3)ccc2C1=O. The Kier molecular flexibility index (Phi) is 5.62. The summed E-state index contributed by atoms with van der Waals surface area (Å²) in [6.07, 6.45) is 3.00. The molecular weight excluding hydrogens is 486 g/mol. The number of pyridine rings is 1. The van der Waals surface area contributed by atoms with Gasteiger partial charge in [0.25, 0.3) is 15.9 Å². The molecule has 0 saturated heterocycles. The van der Waals surface area contributed by atoms with E-state index in [0.717, 1.165) is 26.4 Å². The molecule has 2 aromatic heterocycles. The minimum Gasteiger partial charge on any atom is -0.478 e. The molecule has 0 unspecified atom stereocenters. The number of benzene rings is 2. The van der Waals surface area contributed by atoms with E-state index in [1.165, 1.54) is 41.8 Å². The lowest BCUT2D eigenvalue weighted by Gasteiger charge is -2.10. The van der Waals surface area contributed by atoms with Crippen LogP contribution in [0.4, 0.5) is 5.69 Å². The number of carboxylic acid groups (broad SMARTS) is 1. The molecule has 0 fully saturated rings. The van der Waals surface area contributed by atoms with Crippen LogP contribution in [0.1, 0.15) is 26.3 Å². The van der Waals surface area contributed by atoms with Crippen LogP contribution in [0.5, 0.6) is 0 Å². The van der Waals surface area contributed by atoms with Crippen LogP contribution in [-0.4, -0.2) is 42.3 Å². The predicted molar refractivity (Wildman–Crippen MR) is 133 cm³/mol. The highest BCUT2D eigenvalue weighted by Gasteiger charge is 2.25. The maximum atomic E-state index is 12.9. The number of carbonyl (C=O) groups excluding carboxylic acids is 1. The number of anilines is 1. The van der Waals surface area contributed by atoms with Gasteiger partial charge in [-0.05, 0) is 53.6 Å². The van der Waals surface area contributed by atoms with Crippen molar-refractivity contribution in [3.63, 3.8) is 0 Å². The van der Waals surface area contributed by atoms with E-state index in [-0.39, 0.29) is 22.1 Å². The summed E-state index contributed by atoms with van der Waals surface area (Å²) in [4.78, 5) is 31.0. The Morgan fingerprint density at radius 3 is 2.54 bits per heavy atom. The highest BCUT2D eigenvalue weighted by Crippen LogP contribution is 2.37. The first-order chi connectivity index (χ1) is 16.7. The Morgan fingerprint density at radius 1 is 1.03 bits per heavy atom. The Morgan fingerprint density at radius 2 is 1.77 bits per heavy atom. The number of amides is 1. The van der Waals surface area contributed by atoms with Crippen LogP contribution in [0.3, 0.4) is 0 Å². The molecule has 2 N–H and O–H groups in total. The average Bonchev–Trinajstić information content (AvgIpc) is 3.44. The normalized spacial score (nSPS) is 13.1. The number of hydrogen-bond donors (Lipinski definition) is 2. The number of nitrogens with zero attached hydrogens (tertiary/aromatic N) is 2. The fourth-order valence-electron chi connectivity index (χ4n) is 3.99. The van der Waals surface area contributed by atoms with E-state index in [9.17, 15) is 23.1 Å². The standard InChI is InChI=1S/C25H19N3O5S2/c1-28-14-17-10-15(6-7-19(17)24(28)29)21-8-9-22(34-21)16-11-18(13-26-12-16)27-35(32,33)23-5-3-2-4-20(23)25(30)31/h2-13,27H,14H2,1H3,(H,30,31). The monoisotopic (exact) mass is 505 g/mol. The van der Waals surface area contributed by atoms with E-state index in [2.05, 4.69) is 9.71 Å². The number of carbonyl (C=O) groups is 2. The quantitative estimate of drug-likeness (QED) is 0.397. The van der Waals surface area contributed by atoms with E-state index in [1.807, 2.05) is 30.3 Å². The second kappa shape index (κ2) is 8.64. The van der Waals surface area contributed by atoms with Crippen molar-refractivity contribution in [1.82, 2.24) is 9.88 Å². The van der Waals surface area contributed by atoms with E-state index in [4.69, 9.17) is 0 Å². The minimum absolute atomic E-state index is 0.0229. The van der Waals surface area contributed by atoms with Gasteiger partial charge in [0.05, 0.1) is 17.4 Å². The Balaban J connectivity index is 1.42. The number of nitrogens with one attached hydrogen (secondary N) is 1. The van der Waals surface area contributed by atoms with Gasteiger partial charge >= 0.3 is 5.97 Å². The van der Waals surface area contributed by atoms with Crippen molar-refractivity contribution in [3.8, 4) is 20.9 Å². The summed E-state index contributed by atoms with van der Waals surface area (Å²) in [7, 11) is -2.36. The van der Waals surface area contributed by atoms with Gasteiger partial charge in [0, 0.05) is 40.7 Å². The summed E-state index contributed by atoms with van der Waals surface area (Å²) in [6.45, 7) is 0.581.